The standard InChI is InChI=1S/C16H22N2O3/c1-12(19)14-4-5-16(21-3)15(10-14)11-17-6-8-18(9-7-17)13(2)20/h4-5,10H,6-9,11H2,1-3H3. The molecule has 0 aromatic heterocycles. The zero-order valence-electron chi connectivity index (χ0n) is 12.9. The van der Waals surface area contributed by atoms with Crippen molar-refractivity contribution in [1.82, 2.24) is 9.80 Å². The average Bonchev–Trinajstić information content (AvgIpc) is 2.47. The molecule has 1 heterocycles. The normalized spacial score (nSPS) is 15.9. The predicted molar refractivity (Wildman–Crippen MR) is 80.5 cm³/mol. The van der Waals surface area contributed by atoms with Crippen LogP contribution in [-0.2, 0) is 11.3 Å². The lowest BCUT2D eigenvalue weighted by molar-refractivity contribution is -0.130. The summed E-state index contributed by atoms with van der Waals surface area (Å²) in [6.45, 7) is 7.09. The molecule has 5 heteroatoms. The number of benzene rings is 1. The summed E-state index contributed by atoms with van der Waals surface area (Å²) in [6.07, 6.45) is 0. The fraction of sp³-hybridized carbons (Fsp3) is 0.500. The number of ether oxygens (including phenoxy) is 1. The van der Waals surface area contributed by atoms with Crippen molar-refractivity contribution in [2.24, 2.45) is 0 Å². The van der Waals surface area contributed by atoms with Crippen molar-refractivity contribution < 1.29 is 14.3 Å². The number of methoxy groups -OCH3 is 1. The number of piperazine rings is 1. The Labute approximate surface area is 125 Å². The van der Waals surface area contributed by atoms with Gasteiger partial charge in [-0.15, -0.1) is 0 Å². The quantitative estimate of drug-likeness (QED) is 0.790. The molecule has 1 aromatic carbocycles. The van der Waals surface area contributed by atoms with Crippen LogP contribution in [0.15, 0.2) is 18.2 Å². The van der Waals surface area contributed by atoms with E-state index in [9.17, 15) is 9.59 Å². The molecule has 5 nitrogen and oxygen atoms in total. The summed E-state index contributed by atoms with van der Waals surface area (Å²) in [5, 5.41) is 0. The first kappa shape index (κ1) is 15.5. The van der Waals surface area contributed by atoms with Gasteiger partial charge in [0.25, 0.3) is 0 Å². The fourth-order valence-electron chi connectivity index (χ4n) is 2.58. The molecule has 0 aliphatic carbocycles. The summed E-state index contributed by atoms with van der Waals surface area (Å²) < 4.78 is 5.38. The van der Waals surface area contributed by atoms with Gasteiger partial charge < -0.3 is 9.64 Å². The zero-order chi connectivity index (χ0) is 15.4. The van der Waals surface area contributed by atoms with Crippen LogP contribution in [0, 0.1) is 0 Å². The molecule has 1 fully saturated rings. The van der Waals surface area contributed by atoms with Crippen LogP contribution in [0.1, 0.15) is 29.8 Å². The monoisotopic (exact) mass is 290 g/mol. The number of carbonyl (C=O) groups excluding carboxylic acids is 2. The van der Waals surface area contributed by atoms with Gasteiger partial charge in [0, 0.05) is 50.8 Å². The molecule has 0 N–H and O–H groups in total. The molecular weight excluding hydrogens is 268 g/mol. The van der Waals surface area contributed by atoms with E-state index >= 15 is 0 Å². The largest absolute Gasteiger partial charge is 0.496 e. The summed E-state index contributed by atoms with van der Waals surface area (Å²) in [4.78, 5) is 27.0. The van der Waals surface area contributed by atoms with E-state index < -0.39 is 0 Å². The third-order valence-corrected chi connectivity index (χ3v) is 3.90. The third-order valence-electron chi connectivity index (χ3n) is 3.90. The summed E-state index contributed by atoms with van der Waals surface area (Å²) in [7, 11) is 1.64. The summed E-state index contributed by atoms with van der Waals surface area (Å²) >= 11 is 0. The number of ketones is 1. The van der Waals surface area contributed by atoms with Crippen molar-refractivity contribution in [3.05, 3.63) is 29.3 Å². The van der Waals surface area contributed by atoms with E-state index in [2.05, 4.69) is 4.90 Å². The van der Waals surface area contributed by atoms with Gasteiger partial charge in [0.05, 0.1) is 7.11 Å². The highest BCUT2D eigenvalue weighted by molar-refractivity contribution is 5.94. The Balaban J connectivity index is 2.07. The molecule has 21 heavy (non-hydrogen) atoms. The van der Waals surface area contributed by atoms with Crippen molar-refractivity contribution in [3.63, 3.8) is 0 Å². The van der Waals surface area contributed by atoms with Gasteiger partial charge in [-0.05, 0) is 25.1 Å². The first-order chi connectivity index (χ1) is 10.0. The molecule has 1 amide bonds. The molecule has 1 aliphatic heterocycles. The van der Waals surface area contributed by atoms with Crippen LogP contribution in [0.25, 0.3) is 0 Å². The Kier molecular flexibility index (Phi) is 4.96. The maximum atomic E-state index is 11.5. The first-order valence-corrected chi connectivity index (χ1v) is 7.17. The van der Waals surface area contributed by atoms with E-state index in [4.69, 9.17) is 4.74 Å². The van der Waals surface area contributed by atoms with Crippen LogP contribution >= 0.6 is 0 Å². The van der Waals surface area contributed by atoms with Gasteiger partial charge in [-0.3, -0.25) is 14.5 Å². The van der Waals surface area contributed by atoms with Crippen LogP contribution < -0.4 is 4.74 Å². The molecule has 2 rings (SSSR count). The fourth-order valence-corrected chi connectivity index (χ4v) is 2.58. The highest BCUT2D eigenvalue weighted by Gasteiger charge is 2.19. The lowest BCUT2D eigenvalue weighted by Gasteiger charge is -2.34. The molecule has 0 unspecified atom stereocenters. The minimum absolute atomic E-state index is 0.0558. The molecule has 1 aromatic rings. The van der Waals surface area contributed by atoms with E-state index in [1.807, 2.05) is 17.0 Å². The van der Waals surface area contributed by atoms with Crippen LogP contribution in [-0.4, -0.2) is 54.8 Å². The van der Waals surface area contributed by atoms with Gasteiger partial charge in [-0.1, -0.05) is 0 Å². The molecule has 0 spiro atoms. The molecule has 114 valence electrons. The predicted octanol–water partition coefficient (Wildman–Crippen LogP) is 1.56. The van der Waals surface area contributed by atoms with E-state index in [-0.39, 0.29) is 11.7 Å². The van der Waals surface area contributed by atoms with E-state index in [1.54, 1.807) is 27.0 Å². The summed E-state index contributed by atoms with van der Waals surface area (Å²) in [5.41, 5.74) is 1.72. The highest BCUT2D eigenvalue weighted by Crippen LogP contribution is 2.22. The van der Waals surface area contributed by atoms with E-state index in [1.165, 1.54) is 0 Å². The Bertz CT molecular complexity index is 534. The van der Waals surface area contributed by atoms with Gasteiger partial charge >= 0.3 is 0 Å². The molecule has 0 radical (unpaired) electrons. The van der Waals surface area contributed by atoms with Crippen molar-refractivity contribution in [3.8, 4) is 5.75 Å². The summed E-state index contributed by atoms with van der Waals surface area (Å²) in [5.74, 6) is 0.986. The number of amides is 1. The number of nitrogens with zero attached hydrogens (tertiary/aromatic N) is 2. The molecule has 0 atom stereocenters. The third kappa shape index (κ3) is 3.82. The van der Waals surface area contributed by atoms with Crippen molar-refractivity contribution in [2.75, 3.05) is 33.3 Å². The van der Waals surface area contributed by atoms with E-state index in [0.717, 1.165) is 44.0 Å². The molecule has 0 saturated carbocycles. The Morgan fingerprint density at radius 1 is 1.14 bits per heavy atom. The molecule has 1 aliphatic rings. The van der Waals surface area contributed by atoms with Crippen LogP contribution in [0.5, 0.6) is 5.75 Å². The van der Waals surface area contributed by atoms with Crippen LogP contribution in [0.2, 0.25) is 0 Å². The maximum Gasteiger partial charge on any atom is 0.219 e. The highest BCUT2D eigenvalue weighted by atomic mass is 16.5. The Morgan fingerprint density at radius 3 is 2.33 bits per heavy atom. The smallest absolute Gasteiger partial charge is 0.219 e. The average molecular weight is 290 g/mol. The van der Waals surface area contributed by atoms with Crippen LogP contribution in [0.3, 0.4) is 0 Å². The SMILES string of the molecule is COc1ccc(C(C)=O)cc1CN1CCN(C(C)=O)CC1. The number of hydrogen-bond acceptors (Lipinski definition) is 4. The molecular formula is C16H22N2O3. The minimum Gasteiger partial charge on any atom is -0.496 e. The topological polar surface area (TPSA) is 49.9 Å². The van der Waals surface area contributed by atoms with Crippen molar-refractivity contribution >= 4 is 11.7 Å². The second-order valence-corrected chi connectivity index (χ2v) is 5.37. The summed E-state index contributed by atoms with van der Waals surface area (Å²) in [6, 6.07) is 5.54. The maximum absolute atomic E-state index is 11.5. The molecule has 1 saturated heterocycles. The van der Waals surface area contributed by atoms with Crippen molar-refractivity contribution in [1.29, 1.82) is 0 Å². The van der Waals surface area contributed by atoms with Gasteiger partial charge in [0.15, 0.2) is 5.78 Å². The number of rotatable bonds is 4. The minimum atomic E-state index is 0.0558. The van der Waals surface area contributed by atoms with Gasteiger partial charge in [0.2, 0.25) is 5.91 Å². The Hall–Kier alpha value is -1.88. The zero-order valence-corrected chi connectivity index (χ0v) is 12.9. The lowest BCUT2D eigenvalue weighted by atomic mass is 10.1. The van der Waals surface area contributed by atoms with Gasteiger partial charge in [-0.25, -0.2) is 0 Å². The second-order valence-electron chi connectivity index (χ2n) is 5.37. The number of hydrogen-bond donors (Lipinski definition) is 0. The van der Waals surface area contributed by atoms with Gasteiger partial charge in [0.1, 0.15) is 5.75 Å². The molecule has 0 bridgehead atoms. The number of Topliss-reactive ketones (excluding diaryl/α,β-unsaturated/α-hetero) is 1. The second kappa shape index (κ2) is 6.72. The Morgan fingerprint density at radius 2 is 1.81 bits per heavy atom. The van der Waals surface area contributed by atoms with E-state index in [0.29, 0.717) is 5.56 Å². The first-order valence-electron chi connectivity index (χ1n) is 7.17. The number of carbonyl (C=O) groups is 2. The van der Waals surface area contributed by atoms with Crippen LogP contribution in [0.4, 0.5) is 0 Å². The lowest BCUT2D eigenvalue weighted by Crippen LogP contribution is -2.47. The van der Waals surface area contributed by atoms with Crippen molar-refractivity contribution in [2.45, 2.75) is 20.4 Å². The van der Waals surface area contributed by atoms with Gasteiger partial charge in [-0.2, -0.15) is 0 Å².